The van der Waals surface area contributed by atoms with Gasteiger partial charge < -0.3 is 10.8 Å². The normalized spacial score (nSPS) is 15.4. The number of nitrogens with two attached hydrogens (primary N) is 1. The first-order valence-corrected chi connectivity index (χ1v) is 5.88. The molecule has 0 amide bonds. The van der Waals surface area contributed by atoms with Crippen molar-refractivity contribution in [2.75, 3.05) is 13.2 Å². The first-order chi connectivity index (χ1) is 6.66. The molecule has 0 fully saturated rings. The van der Waals surface area contributed by atoms with Gasteiger partial charge in [0.15, 0.2) is 0 Å². The average Bonchev–Trinajstić information content (AvgIpc) is 2.66. The summed E-state index contributed by atoms with van der Waals surface area (Å²) in [6, 6.07) is 4.24. The van der Waals surface area contributed by atoms with Crippen molar-refractivity contribution in [2.45, 2.75) is 32.1 Å². The molecule has 0 aliphatic rings. The number of hydrogen-bond donors (Lipinski definition) is 2. The van der Waals surface area contributed by atoms with Crippen molar-refractivity contribution in [3.8, 4) is 0 Å². The van der Waals surface area contributed by atoms with Crippen LogP contribution < -0.4 is 5.73 Å². The van der Waals surface area contributed by atoms with Gasteiger partial charge in [-0.1, -0.05) is 20.3 Å². The van der Waals surface area contributed by atoms with Crippen LogP contribution in [0.1, 0.15) is 30.0 Å². The summed E-state index contributed by atoms with van der Waals surface area (Å²) in [6.07, 6.45) is 2.29. The molecule has 0 spiro atoms. The lowest BCUT2D eigenvalue weighted by molar-refractivity contribution is 0.213. The summed E-state index contributed by atoms with van der Waals surface area (Å²) in [5, 5.41) is 9.30. The number of aliphatic hydroxyl groups is 1. The van der Waals surface area contributed by atoms with Crippen LogP contribution in [0.25, 0.3) is 0 Å². The molecule has 14 heavy (non-hydrogen) atoms. The van der Waals surface area contributed by atoms with Crippen molar-refractivity contribution in [1.82, 2.24) is 0 Å². The third-order valence-corrected chi connectivity index (χ3v) is 4.00. The zero-order chi connectivity index (χ0) is 10.6. The van der Waals surface area contributed by atoms with Crippen LogP contribution >= 0.6 is 11.3 Å². The van der Waals surface area contributed by atoms with Gasteiger partial charge in [-0.3, -0.25) is 0 Å². The maximum atomic E-state index is 9.30. The molecule has 0 saturated carbocycles. The number of hydrogen-bond acceptors (Lipinski definition) is 3. The van der Waals surface area contributed by atoms with Gasteiger partial charge in [0.25, 0.3) is 0 Å². The van der Waals surface area contributed by atoms with Crippen molar-refractivity contribution >= 4 is 11.3 Å². The molecule has 0 bridgehead atoms. The van der Waals surface area contributed by atoms with Crippen LogP contribution in [-0.2, 0) is 11.8 Å². The molecule has 80 valence electrons. The minimum atomic E-state index is -0.253. The van der Waals surface area contributed by atoms with Crippen molar-refractivity contribution < 1.29 is 5.11 Å². The van der Waals surface area contributed by atoms with Crippen LogP contribution in [0.5, 0.6) is 0 Å². The van der Waals surface area contributed by atoms with Gasteiger partial charge in [-0.05, 0) is 18.6 Å². The molecule has 3 N–H and O–H groups in total. The van der Waals surface area contributed by atoms with Crippen LogP contribution in [0.15, 0.2) is 12.1 Å². The monoisotopic (exact) mass is 213 g/mol. The number of aryl methyl sites for hydroxylation is 1. The first kappa shape index (κ1) is 11.7. The highest BCUT2D eigenvalue weighted by molar-refractivity contribution is 7.12. The highest BCUT2D eigenvalue weighted by Gasteiger charge is 2.25. The van der Waals surface area contributed by atoms with E-state index in [-0.39, 0.29) is 12.0 Å². The number of aliphatic hydroxyl groups excluding tert-OH is 1. The van der Waals surface area contributed by atoms with Crippen LogP contribution in [0, 0.1) is 0 Å². The summed E-state index contributed by atoms with van der Waals surface area (Å²) in [5.41, 5.74) is 5.43. The summed E-state index contributed by atoms with van der Waals surface area (Å²) in [7, 11) is 0. The predicted octanol–water partition coefficient (Wildman–Crippen LogP) is 1.91. The Kier molecular flexibility index (Phi) is 4.11. The van der Waals surface area contributed by atoms with Gasteiger partial charge in [-0.2, -0.15) is 0 Å². The third kappa shape index (κ3) is 2.35. The lowest BCUT2D eigenvalue weighted by atomic mass is 9.90. The quantitative estimate of drug-likeness (QED) is 0.785. The molecule has 0 radical (unpaired) electrons. The van der Waals surface area contributed by atoms with Gasteiger partial charge in [0, 0.05) is 21.7 Å². The van der Waals surface area contributed by atoms with E-state index in [0.717, 1.165) is 6.42 Å². The van der Waals surface area contributed by atoms with E-state index in [0.29, 0.717) is 6.54 Å². The molecule has 1 aromatic heterocycles. The van der Waals surface area contributed by atoms with Crippen LogP contribution in [-0.4, -0.2) is 18.3 Å². The Bertz CT molecular complexity index is 279. The van der Waals surface area contributed by atoms with Gasteiger partial charge >= 0.3 is 0 Å². The lowest BCUT2D eigenvalue weighted by Gasteiger charge is -2.23. The minimum absolute atomic E-state index is 0.121. The fourth-order valence-electron chi connectivity index (χ4n) is 1.33. The van der Waals surface area contributed by atoms with E-state index in [9.17, 15) is 5.11 Å². The second kappa shape index (κ2) is 4.91. The summed E-state index contributed by atoms with van der Waals surface area (Å²) >= 11 is 1.77. The van der Waals surface area contributed by atoms with E-state index in [2.05, 4.69) is 19.1 Å². The highest BCUT2D eigenvalue weighted by Crippen LogP contribution is 2.29. The molecule has 0 aromatic carbocycles. The van der Waals surface area contributed by atoms with Gasteiger partial charge in [0.2, 0.25) is 0 Å². The molecule has 1 aromatic rings. The van der Waals surface area contributed by atoms with Gasteiger partial charge in [-0.25, -0.2) is 0 Å². The van der Waals surface area contributed by atoms with Crippen molar-refractivity contribution in [3.63, 3.8) is 0 Å². The summed E-state index contributed by atoms with van der Waals surface area (Å²) in [5.74, 6) is 0. The molecule has 1 unspecified atom stereocenters. The van der Waals surface area contributed by atoms with Crippen LogP contribution in [0.4, 0.5) is 0 Å². The Hall–Kier alpha value is -0.380. The first-order valence-electron chi connectivity index (χ1n) is 5.06. The summed E-state index contributed by atoms with van der Waals surface area (Å²) in [4.78, 5) is 2.58. The molecule has 0 saturated heterocycles. The molecule has 1 rings (SSSR count). The Balaban J connectivity index is 2.84. The van der Waals surface area contributed by atoms with E-state index >= 15 is 0 Å². The van der Waals surface area contributed by atoms with Gasteiger partial charge in [0.05, 0.1) is 6.61 Å². The lowest BCUT2D eigenvalue weighted by Crippen LogP contribution is -2.34. The highest BCUT2D eigenvalue weighted by atomic mass is 32.1. The van der Waals surface area contributed by atoms with Crippen LogP contribution in [0.3, 0.4) is 0 Å². The van der Waals surface area contributed by atoms with E-state index in [1.54, 1.807) is 11.3 Å². The zero-order valence-electron chi connectivity index (χ0n) is 8.92. The second-order valence-electron chi connectivity index (χ2n) is 3.94. The Labute approximate surface area is 89.8 Å². The molecule has 1 heterocycles. The molecular weight excluding hydrogens is 194 g/mol. The molecule has 0 aliphatic heterocycles. The Morgan fingerprint density at radius 2 is 2.21 bits per heavy atom. The van der Waals surface area contributed by atoms with Crippen molar-refractivity contribution in [3.05, 3.63) is 21.9 Å². The Morgan fingerprint density at radius 1 is 1.50 bits per heavy atom. The molecule has 0 aliphatic carbocycles. The van der Waals surface area contributed by atoms with Crippen molar-refractivity contribution in [1.29, 1.82) is 0 Å². The van der Waals surface area contributed by atoms with E-state index in [1.807, 2.05) is 6.92 Å². The number of rotatable bonds is 5. The Morgan fingerprint density at radius 3 is 2.71 bits per heavy atom. The third-order valence-electron chi connectivity index (χ3n) is 2.55. The molecule has 2 nitrogen and oxygen atoms in total. The largest absolute Gasteiger partial charge is 0.395 e. The fourth-order valence-corrected chi connectivity index (χ4v) is 2.58. The standard InChI is InChI=1S/C11H19NOS/c1-3-4-9-5-6-10(14-9)11(2,7-12)8-13/h5-6,13H,3-4,7-8,12H2,1-2H3. The molecule has 1 atom stereocenters. The maximum Gasteiger partial charge on any atom is 0.0545 e. The topological polar surface area (TPSA) is 46.2 Å². The van der Waals surface area contributed by atoms with Gasteiger partial charge in [0.1, 0.15) is 0 Å². The van der Waals surface area contributed by atoms with Crippen molar-refractivity contribution in [2.24, 2.45) is 5.73 Å². The molecular formula is C11H19NOS. The maximum absolute atomic E-state index is 9.30. The van der Waals surface area contributed by atoms with E-state index in [4.69, 9.17) is 5.73 Å². The SMILES string of the molecule is CCCc1ccc(C(C)(CN)CO)s1. The summed E-state index contributed by atoms with van der Waals surface area (Å²) < 4.78 is 0. The van der Waals surface area contributed by atoms with E-state index < -0.39 is 0 Å². The zero-order valence-corrected chi connectivity index (χ0v) is 9.73. The minimum Gasteiger partial charge on any atom is -0.395 e. The van der Waals surface area contributed by atoms with Gasteiger partial charge in [-0.15, -0.1) is 11.3 Å². The average molecular weight is 213 g/mol. The smallest absolute Gasteiger partial charge is 0.0545 e. The number of thiophene rings is 1. The molecule has 3 heteroatoms. The second-order valence-corrected chi connectivity index (χ2v) is 5.11. The fraction of sp³-hybridized carbons (Fsp3) is 0.636. The van der Waals surface area contributed by atoms with Crippen LogP contribution in [0.2, 0.25) is 0 Å². The summed E-state index contributed by atoms with van der Waals surface area (Å²) in [6.45, 7) is 4.80. The van der Waals surface area contributed by atoms with E-state index in [1.165, 1.54) is 16.2 Å². The predicted molar refractivity (Wildman–Crippen MR) is 61.8 cm³/mol.